The molecule has 0 aliphatic heterocycles. The molecule has 1 nitrogen and oxygen atoms in total. The lowest BCUT2D eigenvalue weighted by Crippen LogP contribution is -1.98. The smallest absolute Gasteiger partial charge is 0.0619 e. The predicted octanol–water partition coefficient (Wildman–Crippen LogP) is 9.92. The fraction of sp³-hybridized carbons (Fsp3) is 0. The predicted molar refractivity (Wildman–Crippen MR) is 154 cm³/mol. The Morgan fingerprint density at radius 1 is 0.472 bits per heavy atom. The van der Waals surface area contributed by atoms with Crippen LogP contribution < -0.4 is 0 Å². The molecule has 0 unspecified atom stereocenters. The van der Waals surface area contributed by atoms with Gasteiger partial charge in [0, 0.05) is 32.3 Å². The molecule has 0 spiro atoms. The largest absolute Gasteiger partial charge is 0.308 e. The highest BCUT2D eigenvalue weighted by molar-refractivity contribution is 6.33. The number of hydrogen-bond donors (Lipinski definition) is 0. The first-order valence-corrected chi connectivity index (χ1v) is 12.5. The maximum absolute atomic E-state index is 6.67. The number of hydrogen-bond acceptors (Lipinski definition) is 0. The Hall–Kier alpha value is -4.33. The van der Waals surface area contributed by atoms with Crippen molar-refractivity contribution >= 4 is 44.2 Å². The maximum Gasteiger partial charge on any atom is 0.0619 e. The van der Waals surface area contributed by atoms with E-state index in [1.807, 2.05) is 12.1 Å². The first kappa shape index (κ1) is 21.0. The van der Waals surface area contributed by atoms with Crippen LogP contribution in [0.25, 0.3) is 60.5 Å². The summed E-state index contributed by atoms with van der Waals surface area (Å²) < 4.78 is 2.43. The lowest BCUT2D eigenvalue weighted by Gasteiger charge is -2.16. The first-order valence-electron chi connectivity index (χ1n) is 12.2. The van der Waals surface area contributed by atoms with Crippen molar-refractivity contribution in [3.05, 3.63) is 138 Å². The molecule has 0 atom stereocenters. The number of para-hydroxylation sites is 2. The molecule has 0 bridgehead atoms. The van der Waals surface area contributed by atoms with Gasteiger partial charge in [-0.05, 0) is 40.8 Å². The summed E-state index contributed by atoms with van der Waals surface area (Å²) in [7, 11) is 0. The molecule has 1 heterocycles. The van der Waals surface area contributed by atoms with E-state index >= 15 is 0 Å². The van der Waals surface area contributed by atoms with Crippen molar-refractivity contribution in [2.75, 3.05) is 0 Å². The number of fused-ring (bicyclic) bond motifs is 5. The second-order valence-electron chi connectivity index (χ2n) is 9.11. The fourth-order valence-electron chi connectivity index (χ4n) is 5.42. The van der Waals surface area contributed by atoms with Crippen molar-refractivity contribution in [3.63, 3.8) is 0 Å². The van der Waals surface area contributed by atoms with Gasteiger partial charge in [0.2, 0.25) is 0 Å². The van der Waals surface area contributed by atoms with Gasteiger partial charge in [0.15, 0.2) is 0 Å². The topological polar surface area (TPSA) is 4.93 Å². The lowest BCUT2D eigenvalue weighted by molar-refractivity contribution is 1.19. The number of halogens is 1. The quantitative estimate of drug-likeness (QED) is 0.237. The van der Waals surface area contributed by atoms with Crippen molar-refractivity contribution in [2.24, 2.45) is 0 Å². The third-order valence-corrected chi connectivity index (χ3v) is 7.40. The van der Waals surface area contributed by atoms with Gasteiger partial charge in [-0.25, -0.2) is 0 Å². The van der Waals surface area contributed by atoms with E-state index < -0.39 is 0 Å². The maximum atomic E-state index is 6.67. The normalized spacial score (nSPS) is 11.5. The average Bonchev–Trinajstić information content (AvgIpc) is 3.29. The number of aromatic nitrogens is 1. The molecule has 7 aromatic rings. The van der Waals surface area contributed by atoms with Gasteiger partial charge in [-0.15, -0.1) is 0 Å². The summed E-state index contributed by atoms with van der Waals surface area (Å²) in [6.45, 7) is 0. The second-order valence-corrected chi connectivity index (χ2v) is 9.52. The zero-order valence-corrected chi connectivity index (χ0v) is 20.3. The summed E-state index contributed by atoms with van der Waals surface area (Å²) in [6.07, 6.45) is 0. The Kier molecular flexibility index (Phi) is 4.90. The summed E-state index contributed by atoms with van der Waals surface area (Å²) in [4.78, 5) is 0. The second kappa shape index (κ2) is 8.41. The summed E-state index contributed by atoms with van der Waals surface area (Å²) in [5, 5.41) is 5.77. The molecule has 2 heteroatoms. The molecule has 0 radical (unpaired) electrons. The van der Waals surface area contributed by atoms with E-state index in [4.69, 9.17) is 11.6 Å². The molecule has 0 fully saturated rings. The van der Waals surface area contributed by atoms with Gasteiger partial charge in [-0.1, -0.05) is 121 Å². The molecule has 0 amide bonds. The van der Waals surface area contributed by atoms with Crippen LogP contribution in [0.1, 0.15) is 0 Å². The van der Waals surface area contributed by atoms with Crippen LogP contribution in [0.2, 0.25) is 5.02 Å². The minimum absolute atomic E-state index is 0.755. The van der Waals surface area contributed by atoms with Gasteiger partial charge >= 0.3 is 0 Å². The number of rotatable bonds is 3. The molecular formula is C34H22ClN. The van der Waals surface area contributed by atoms with E-state index in [1.54, 1.807) is 0 Å². The monoisotopic (exact) mass is 479 g/mol. The van der Waals surface area contributed by atoms with Gasteiger partial charge in [0.05, 0.1) is 16.7 Å². The molecule has 6 aromatic carbocycles. The molecule has 0 N–H and O–H groups in total. The van der Waals surface area contributed by atoms with Crippen LogP contribution in [0.4, 0.5) is 0 Å². The van der Waals surface area contributed by atoms with Gasteiger partial charge in [0.25, 0.3) is 0 Å². The van der Waals surface area contributed by atoms with E-state index in [1.165, 1.54) is 38.1 Å². The van der Waals surface area contributed by atoms with Crippen LogP contribution in [-0.2, 0) is 0 Å². The Morgan fingerprint density at radius 3 is 2.08 bits per heavy atom. The molecule has 170 valence electrons. The van der Waals surface area contributed by atoms with E-state index in [2.05, 4.69) is 126 Å². The minimum Gasteiger partial charge on any atom is -0.308 e. The highest BCUT2D eigenvalue weighted by atomic mass is 35.5. The molecule has 0 aliphatic rings. The van der Waals surface area contributed by atoms with Crippen molar-refractivity contribution in [2.45, 2.75) is 0 Å². The third-order valence-electron chi connectivity index (χ3n) is 7.07. The van der Waals surface area contributed by atoms with Crippen LogP contribution in [-0.4, -0.2) is 4.57 Å². The summed E-state index contributed by atoms with van der Waals surface area (Å²) in [6, 6.07) is 47.2. The Balaban J connectivity index is 1.56. The van der Waals surface area contributed by atoms with Crippen molar-refractivity contribution in [3.8, 4) is 27.9 Å². The standard InChI is InChI=1S/C34H22ClN/c35-31-21-19-25(22-30(31)23-10-2-1-3-11-23)26-13-6-8-16-32(26)36-33-17-9-7-15-28(33)29-20-18-24-12-4-5-14-27(24)34(29)36/h1-22H. The average molecular weight is 480 g/mol. The minimum atomic E-state index is 0.755. The molecule has 0 aliphatic carbocycles. The number of benzene rings is 6. The van der Waals surface area contributed by atoms with E-state index in [9.17, 15) is 0 Å². The van der Waals surface area contributed by atoms with Gasteiger partial charge in [-0.2, -0.15) is 0 Å². The molecular weight excluding hydrogens is 458 g/mol. The van der Waals surface area contributed by atoms with Gasteiger partial charge < -0.3 is 4.57 Å². The van der Waals surface area contributed by atoms with Crippen molar-refractivity contribution in [1.82, 2.24) is 4.57 Å². The highest BCUT2D eigenvalue weighted by Gasteiger charge is 2.17. The SMILES string of the molecule is Clc1ccc(-c2ccccc2-n2c3ccccc3c3ccc4ccccc4c32)cc1-c1ccccc1. The van der Waals surface area contributed by atoms with Crippen LogP contribution in [0.15, 0.2) is 133 Å². The molecule has 1 aromatic heterocycles. The molecule has 36 heavy (non-hydrogen) atoms. The third kappa shape index (κ3) is 3.25. The lowest BCUT2D eigenvalue weighted by atomic mass is 9.97. The fourth-order valence-corrected chi connectivity index (χ4v) is 5.65. The van der Waals surface area contributed by atoms with E-state index in [0.717, 1.165) is 27.4 Å². The van der Waals surface area contributed by atoms with Gasteiger partial charge in [-0.3, -0.25) is 0 Å². The molecule has 0 saturated heterocycles. The zero-order chi connectivity index (χ0) is 24.1. The van der Waals surface area contributed by atoms with E-state index in [-0.39, 0.29) is 0 Å². The summed E-state index contributed by atoms with van der Waals surface area (Å²) >= 11 is 6.67. The number of nitrogens with zero attached hydrogens (tertiary/aromatic N) is 1. The van der Waals surface area contributed by atoms with Crippen LogP contribution in [0.3, 0.4) is 0 Å². The Morgan fingerprint density at radius 2 is 1.19 bits per heavy atom. The van der Waals surface area contributed by atoms with E-state index in [0.29, 0.717) is 0 Å². The summed E-state index contributed by atoms with van der Waals surface area (Å²) in [5.41, 5.74) is 8.05. The van der Waals surface area contributed by atoms with Crippen LogP contribution in [0, 0.1) is 0 Å². The van der Waals surface area contributed by atoms with Crippen LogP contribution in [0.5, 0.6) is 0 Å². The van der Waals surface area contributed by atoms with Crippen LogP contribution >= 0.6 is 11.6 Å². The highest BCUT2D eigenvalue weighted by Crippen LogP contribution is 2.40. The van der Waals surface area contributed by atoms with Crippen molar-refractivity contribution < 1.29 is 0 Å². The first-order chi connectivity index (χ1) is 17.8. The Bertz CT molecular complexity index is 1900. The summed E-state index contributed by atoms with van der Waals surface area (Å²) in [5.74, 6) is 0. The van der Waals surface area contributed by atoms with Crippen molar-refractivity contribution in [1.29, 1.82) is 0 Å². The van der Waals surface area contributed by atoms with Gasteiger partial charge in [0.1, 0.15) is 0 Å². The zero-order valence-electron chi connectivity index (χ0n) is 19.5. The Labute approximate surface area is 214 Å². The molecule has 7 rings (SSSR count). The molecule has 0 saturated carbocycles.